The van der Waals surface area contributed by atoms with Crippen LogP contribution in [0.3, 0.4) is 0 Å². The molecule has 3 heteroatoms. The third-order valence-electron chi connectivity index (χ3n) is 2.54. The largest absolute Gasteiger partial charge is 0.492 e. The fourth-order valence-electron chi connectivity index (χ4n) is 1.77. The van der Waals surface area contributed by atoms with E-state index in [1.807, 2.05) is 12.1 Å². The molecule has 72 valence electrons. The number of nitriles is 1. The second kappa shape index (κ2) is 3.69. The predicted molar refractivity (Wildman–Crippen MR) is 51.1 cm³/mol. The number of fused-ring (bicyclic) bond motifs is 1. The molecule has 3 nitrogen and oxygen atoms in total. The summed E-state index contributed by atoms with van der Waals surface area (Å²) in [5.41, 5.74) is 1.51. The Bertz CT molecular complexity index is 381. The summed E-state index contributed by atoms with van der Waals surface area (Å²) in [4.78, 5) is 0. The molecule has 1 heterocycles. The Morgan fingerprint density at radius 2 is 2.43 bits per heavy atom. The Morgan fingerprint density at radius 1 is 1.57 bits per heavy atom. The molecule has 0 amide bonds. The topological polar surface area (TPSA) is 53.2 Å². The fourth-order valence-corrected chi connectivity index (χ4v) is 1.77. The van der Waals surface area contributed by atoms with Gasteiger partial charge in [-0.25, -0.2) is 0 Å². The van der Waals surface area contributed by atoms with Crippen LogP contribution in [0.4, 0.5) is 0 Å². The van der Waals surface area contributed by atoms with E-state index in [0.717, 1.165) is 12.0 Å². The van der Waals surface area contributed by atoms with Crippen molar-refractivity contribution >= 4 is 0 Å². The number of benzene rings is 1. The number of aliphatic hydroxyl groups is 1. The molecule has 0 bridgehead atoms. The third-order valence-corrected chi connectivity index (χ3v) is 2.54. The highest BCUT2D eigenvalue weighted by atomic mass is 16.5. The normalized spacial score (nSPS) is 19.3. The fraction of sp³-hybridized carbons (Fsp3) is 0.364. The van der Waals surface area contributed by atoms with Crippen molar-refractivity contribution in [2.75, 3.05) is 13.2 Å². The highest BCUT2D eigenvalue weighted by molar-refractivity contribution is 5.50. The zero-order valence-corrected chi connectivity index (χ0v) is 7.73. The number of nitrogens with zero attached hydrogens (tertiary/aromatic N) is 1. The van der Waals surface area contributed by atoms with Crippen LogP contribution in [0.2, 0.25) is 0 Å². The average molecular weight is 189 g/mol. The highest BCUT2D eigenvalue weighted by Crippen LogP contribution is 2.35. The number of ether oxygens (including phenoxy) is 1. The van der Waals surface area contributed by atoms with Gasteiger partial charge in [0.1, 0.15) is 11.8 Å². The number of hydrogen-bond acceptors (Lipinski definition) is 3. The molecule has 0 unspecified atom stereocenters. The molecule has 1 atom stereocenters. The van der Waals surface area contributed by atoms with E-state index >= 15 is 0 Å². The van der Waals surface area contributed by atoms with Gasteiger partial charge >= 0.3 is 0 Å². The van der Waals surface area contributed by atoms with Crippen molar-refractivity contribution in [2.45, 2.75) is 12.3 Å². The molecule has 2 rings (SSSR count). The van der Waals surface area contributed by atoms with Gasteiger partial charge in [0.25, 0.3) is 0 Å². The lowest BCUT2D eigenvalue weighted by molar-refractivity contribution is 0.205. The Balaban J connectivity index is 2.50. The molecule has 1 aromatic carbocycles. The molecule has 0 radical (unpaired) electrons. The summed E-state index contributed by atoms with van der Waals surface area (Å²) in [6, 6.07) is 7.57. The van der Waals surface area contributed by atoms with Crippen LogP contribution >= 0.6 is 0 Å². The van der Waals surface area contributed by atoms with E-state index < -0.39 is 0 Å². The van der Waals surface area contributed by atoms with Crippen LogP contribution in [0, 0.1) is 11.3 Å². The van der Waals surface area contributed by atoms with Crippen molar-refractivity contribution in [3.8, 4) is 11.8 Å². The smallest absolute Gasteiger partial charge is 0.140 e. The molecule has 14 heavy (non-hydrogen) atoms. The zero-order valence-electron chi connectivity index (χ0n) is 7.73. The van der Waals surface area contributed by atoms with E-state index in [9.17, 15) is 0 Å². The molecule has 0 saturated heterocycles. The predicted octanol–water partition coefficient (Wildman–Crippen LogP) is 1.42. The Hall–Kier alpha value is -1.53. The minimum Gasteiger partial charge on any atom is -0.492 e. The van der Waals surface area contributed by atoms with Gasteiger partial charge in [-0.1, -0.05) is 12.1 Å². The number of para-hydroxylation sites is 1. The first-order chi connectivity index (χ1) is 6.86. The van der Waals surface area contributed by atoms with Gasteiger partial charge in [0.15, 0.2) is 0 Å². The van der Waals surface area contributed by atoms with Gasteiger partial charge in [0.2, 0.25) is 0 Å². The summed E-state index contributed by atoms with van der Waals surface area (Å²) < 4.78 is 5.44. The monoisotopic (exact) mass is 189 g/mol. The average Bonchev–Trinajstić information content (AvgIpc) is 2.27. The minimum absolute atomic E-state index is 0.116. The maximum absolute atomic E-state index is 9.16. The number of aliphatic hydroxyl groups excluding tert-OH is 1. The van der Waals surface area contributed by atoms with Gasteiger partial charge in [0.05, 0.1) is 18.8 Å². The van der Waals surface area contributed by atoms with Crippen LogP contribution in [-0.2, 0) is 0 Å². The minimum atomic E-state index is 0.116. The van der Waals surface area contributed by atoms with Gasteiger partial charge in [-0.05, 0) is 12.5 Å². The van der Waals surface area contributed by atoms with Crippen molar-refractivity contribution in [3.63, 3.8) is 0 Å². The van der Waals surface area contributed by atoms with Crippen LogP contribution in [0.1, 0.15) is 23.5 Å². The summed E-state index contributed by atoms with van der Waals surface area (Å²) in [6.07, 6.45) is 0.818. The third kappa shape index (κ3) is 1.34. The second-order valence-corrected chi connectivity index (χ2v) is 3.35. The van der Waals surface area contributed by atoms with E-state index in [1.165, 1.54) is 0 Å². The first kappa shape index (κ1) is 9.04. The maximum Gasteiger partial charge on any atom is 0.140 e. The van der Waals surface area contributed by atoms with E-state index in [-0.39, 0.29) is 12.5 Å². The Labute approximate surface area is 82.6 Å². The van der Waals surface area contributed by atoms with Gasteiger partial charge in [0, 0.05) is 11.5 Å². The van der Waals surface area contributed by atoms with E-state index in [4.69, 9.17) is 15.1 Å². The molecule has 0 saturated carbocycles. The van der Waals surface area contributed by atoms with Crippen molar-refractivity contribution in [2.24, 2.45) is 0 Å². The SMILES string of the molecule is N#Cc1cccc2c1OCC[C@H]2CO. The van der Waals surface area contributed by atoms with Crippen LogP contribution in [0.5, 0.6) is 5.75 Å². The van der Waals surface area contributed by atoms with Crippen LogP contribution < -0.4 is 4.74 Å². The molecule has 1 aromatic rings. The van der Waals surface area contributed by atoms with Gasteiger partial charge in [-0.2, -0.15) is 5.26 Å². The standard InChI is InChI=1S/C11H11NO2/c12-6-8-2-1-3-10-9(7-13)4-5-14-11(8)10/h1-3,9,13H,4-5,7H2/t9-/m0/s1. The molecule has 1 aliphatic rings. The van der Waals surface area contributed by atoms with Crippen molar-refractivity contribution < 1.29 is 9.84 Å². The van der Waals surface area contributed by atoms with Gasteiger partial charge in [-0.15, -0.1) is 0 Å². The molecular formula is C11H11NO2. The molecule has 1 N–H and O–H groups in total. The molecule has 1 aliphatic heterocycles. The lowest BCUT2D eigenvalue weighted by Gasteiger charge is -2.24. The molecule has 0 fully saturated rings. The molecule has 0 aliphatic carbocycles. The summed E-state index contributed by atoms with van der Waals surface area (Å²) >= 11 is 0. The lowest BCUT2D eigenvalue weighted by Crippen LogP contribution is -2.17. The summed E-state index contributed by atoms with van der Waals surface area (Å²) in [5, 5.41) is 18.0. The van der Waals surface area contributed by atoms with E-state index in [0.29, 0.717) is 17.9 Å². The maximum atomic E-state index is 9.16. The summed E-state index contributed by atoms with van der Waals surface area (Å²) in [7, 11) is 0. The van der Waals surface area contributed by atoms with Crippen LogP contribution in [0.25, 0.3) is 0 Å². The van der Waals surface area contributed by atoms with E-state index in [2.05, 4.69) is 6.07 Å². The van der Waals surface area contributed by atoms with Crippen molar-refractivity contribution in [1.82, 2.24) is 0 Å². The zero-order chi connectivity index (χ0) is 9.97. The molecule has 0 aromatic heterocycles. The Kier molecular flexibility index (Phi) is 2.38. The van der Waals surface area contributed by atoms with Crippen molar-refractivity contribution in [3.05, 3.63) is 29.3 Å². The number of hydrogen-bond donors (Lipinski definition) is 1. The first-order valence-electron chi connectivity index (χ1n) is 4.63. The molecule has 0 spiro atoms. The quantitative estimate of drug-likeness (QED) is 0.726. The summed E-state index contributed by atoms with van der Waals surface area (Å²) in [6.45, 7) is 0.697. The summed E-state index contributed by atoms with van der Waals surface area (Å²) in [5.74, 6) is 0.771. The number of rotatable bonds is 1. The second-order valence-electron chi connectivity index (χ2n) is 3.35. The molecular weight excluding hydrogens is 178 g/mol. The van der Waals surface area contributed by atoms with Crippen LogP contribution in [-0.4, -0.2) is 18.3 Å². The van der Waals surface area contributed by atoms with Gasteiger partial charge in [-0.3, -0.25) is 0 Å². The lowest BCUT2D eigenvalue weighted by atomic mass is 9.92. The van der Waals surface area contributed by atoms with Crippen molar-refractivity contribution in [1.29, 1.82) is 5.26 Å². The van der Waals surface area contributed by atoms with E-state index in [1.54, 1.807) is 6.07 Å². The first-order valence-corrected chi connectivity index (χ1v) is 4.63. The highest BCUT2D eigenvalue weighted by Gasteiger charge is 2.22. The van der Waals surface area contributed by atoms with Crippen LogP contribution in [0.15, 0.2) is 18.2 Å². The Morgan fingerprint density at radius 3 is 3.14 bits per heavy atom. The van der Waals surface area contributed by atoms with Gasteiger partial charge < -0.3 is 9.84 Å².